The average molecular weight is 414 g/mol. The van der Waals surface area contributed by atoms with E-state index in [4.69, 9.17) is 18.9 Å². The molecule has 0 aromatic carbocycles. The van der Waals surface area contributed by atoms with E-state index >= 15 is 0 Å². The molecule has 28 heavy (non-hydrogen) atoms. The summed E-state index contributed by atoms with van der Waals surface area (Å²) in [6, 6.07) is 0. The van der Waals surface area contributed by atoms with Crippen molar-refractivity contribution >= 4 is 5.97 Å². The fourth-order valence-corrected chi connectivity index (χ4v) is 2.84. The minimum absolute atomic E-state index is 0.725. The summed E-state index contributed by atoms with van der Waals surface area (Å²) in [7, 11) is 0. The second kappa shape index (κ2) is 9.69. The molecule has 8 N–H and O–H groups in total. The predicted molar refractivity (Wildman–Crippen MR) is 84.2 cm³/mol. The van der Waals surface area contributed by atoms with Crippen LogP contribution in [-0.2, 0) is 23.7 Å². The molecule has 2 rings (SSSR count). The van der Waals surface area contributed by atoms with Crippen molar-refractivity contribution in [2.24, 2.45) is 0 Å². The first-order chi connectivity index (χ1) is 13.1. The van der Waals surface area contributed by atoms with E-state index in [1.165, 1.54) is 0 Å². The average Bonchev–Trinajstić information content (AvgIpc) is 2.67. The molecule has 0 aromatic heterocycles. The summed E-state index contributed by atoms with van der Waals surface area (Å²) in [6.45, 7) is -0.375. The van der Waals surface area contributed by atoms with E-state index in [-0.39, 0.29) is 0 Å². The third-order valence-corrected chi connectivity index (χ3v) is 4.53. The van der Waals surface area contributed by atoms with Gasteiger partial charge in [0.15, 0.2) is 12.4 Å². The van der Waals surface area contributed by atoms with Gasteiger partial charge >= 0.3 is 5.97 Å². The maximum atomic E-state index is 11.7. The molecule has 0 saturated carbocycles. The van der Waals surface area contributed by atoms with E-state index in [1.54, 1.807) is 0 Å². The Balaban J connectivity index is 2.21. The summed E-state index contributed by atoms with van der Waals surface area (Å²) in [4.78, 5) is 11.7. The van der Waals surface area contributed by atoms with Crippen LogP contribution in [0.3, 0.4) is 0 Å². The van der Waals surface area contributed by atoms with Crippen molar-refractivity contribution in [1.82, 2.24) is 0 Å². The Bertz CT molecular complexity index is 514. The second-order valence-corrected chi connectivity index (χ2v) is 6.62. The number of hydrogen-bond acceptors (Lipinski definition) is 13. The van der Waals surface area contributed by atoms with Gasteiger partial charge in [0.1, 0.15) is 48.8 Å². The minimum Gasteiger partial charge on any atom is -0.452 e. The smallest absolute Gasteiger partial charge is 0.335 e. The van der Waals surface area contributed by atoms with Crippen molar-refractivity contribution in [3.8, 4) is 0 Å². The van der Waals surface area contributed by atoms with Crippen LogP contribution in [0.4, 0.5) is 0 Å². The van der Waals surface area contributed by atoms with Gasteiger partial charge in [-0.05, 0) is 6.92 Å². The standard InChI is InChI=1S/C15H26O13/c1-4(18)13(24)27-12-10(22)8(20)6(3-17)26-15(12)28-14-11(23)9(21)7(19)5(2-16)25-14/h4-12,14-23H,2-3H2,1H3/t4?,5-,6-,7-,8-,9+,10+,11-,12-,14-,15-/m1/s1. The van der Waals surface area contributed by atoms with Gasteiger partial charge in [0.25, 0.3) is 0 Å². The number of ether oxygens (including phenoxy) is 4. The summed E-state index contributed by atoms with van der Waals surface area (Å²) in [5.74, 6) is -1.18. The van der Waals surface area contributed by atoms with Gasteiger partial charge in [0.05, 0.1) is 13.2 Å². The molecular formula is C15H26O13. The molecule has 13 heteroatoms. The third kappa shape index (κ3) is 4.77. The van der Waals surface area contributed by atoms with E-state index in [0.29, 0.717) is 0 Å². The molecule has 0 bridgehead atoms. The van der Waals surface area contributed by atoms with Gasteiger partial charge in [0.2, 0.25) is 6.29 Å². The zero-order chi connectivity index (χ0) is 21.2. The molecule has 2 aliphatic rings. The number of aliphatic hydroxyl groups excluding tert-OH is 8. The van der Waals surface area contributed by atoms with Crippen molar-refractivity contribution in [3.05, 3.63) is 0 Å². The van der Waals surface area contributed by atoms with Gasteiger partial charge in [-0.25, -0.2) is 4.79 Å². The largest absolute Gasteiger partial charge is 0.452 e. The highest BCUT2D eigenvalue weighted by molar-refractivity contribution is 5.74. The number of carbonyl (C=O) groups excluding carboxylic acids is 1. The molecule has 2 aliphatic heterocycles. The summed E-state index contributed by atoms with van der Waals surface area (Å²) in [6.07, 6.45) is -18.0. The quantitative estimate of drug-likeness (QED) is 0.191. The Labute approximate surface area is 159 Å². The first kappa shape index (κ1) is 23.3. The van der Waals surface area contributed by atoms with Crippen LogP contribution in [0, 0.1) is 0 Å². The van der Waals surface area contributed by atoms with Crippen LogP contribution in [0.5, 0.6) is 0 Å². The number of esters is 1. The van der Waals surface area contributed by atoms with Gasteiger partial charge in [-0.15, -0.1) is 0 Å². The number of hydrogen-bond donors (Lipinski definition) is 8. The van der Waals surface area contributed by atoms with Crippen LogP contribution >= 0.6 is 0 Å². The first-order valence-electron chi connectivity index (χ1n) is 8.59. The number of rotatable bonds is 6. The molecule has 0 spiro atoms. The lowest BCUT2D eigenvalue weighted by Gasteiger charge is -2.45. The molecule has 1 unspecified atom stereocenters. The highest BCUT2D eigenvalue weighted by Gasteiger charge is 2.51. The Morgan fingerprint density at radius 2 is 1.36 bits per heavy atom. The lowest BCUT2D eigenvalue weighted by Crippen LogP contribution is -2.64. The lowest BCUT2D eigenvalue weighted by atomic mass is 9.98. The van der Waals surface area contributed by atoms with E-state index in [9.17, 15) is 45.6 Å². The maximum absolute atomic E-state index is 11.7. The normalized spacial score (nSPS) is 45.5. The molecule has 2 saturated heterocycles. The van der Waals surface area contributed by atoms with Gasteiger partial charge in [-0.2, -0.15) is 0 Å². The molecule has 0 radical (unpaired) electrons. The zero-order valence-electron chi connectivity index (χ0n) is 14.9. The molecule has 164 valence electrons. The number of aliphatic hydroxyl groups is 8. The van der Waals surface area contributed by atoms with Crippen molar-refractivity contribution in [3.63, 3.8) is 0 Å². The molecule has 2 fully saturated rings. The Hall–Kier alpha value is -0.970. The SMILES string of the molecule is CC(O)C(=O)O[C@H]1[C@@H](O[C@H]2O[C@H](CO)[C@@H](O)[C@H](O)[C@H]2O)O[C@H](CO)[C@@H](O)[C@@H]1O. The fourth-order valence-electron chi connectivity index (χ4n) is 2.84. The van der Waals surface area contributed by atoms with Crippen LogP contribution in [0.2, 0.25) is 0 Å². The van der Waals surface area contributed by atoms with E-state index in [2.05, 4.69) is 0 Å². The molecule has 2 heterocycles. The molecule has 11 atom stereocenters. The van der Waals surface area contributed by atoms with E-state index < -0.39 is 86.7 Å². The molecule has 0 aromatic rings. The predicted octanol–water partition coefficient (Wildman–Crippen LogP) is -5.47. The summed E-state index contributed by atoms with van der Waals surface area (Å²) in [5, 5.41) is 77.6. The topological polar surface area (TPSA) is 216 Å². The van der Waals surface area contributed by atoms with Crippen LogP contribution < -0.4 is 0 Å². The van der Waals surface area contributed by atoms with Gasteiger partial charge in [0, 0.05) is 0 Å². The van der Waals surface area contributed by atoms with Crippen molar-refractivity contribution < 1.29 is 64.6 Å². The minimum atomic E-state index is -1.81. The van der Waals surface area contributed by atoms with Crippen LogP contribution in [-0.4, -0.2) is 128 Å². The monoisotopic (exact) mass is 414 g/mol. The second-order valence-electron chi connectivity index (χ2n) is 6.62. The van der Waals surface area contributed by atoms with Crippen molar-refractivity contribution in [1.29, 1.82) is 0 Å². The summed E-state index contributed by atoms with van der Waals surface area (Å²) in [5.41, 5.74) is 0. The highest BCUT2D eigenvalue weighted by atomic mass is 16.8. The van der Waals surface area contributed by atoms with Crippen LogP contribution in [0.1, 0.15) is 6.92 Å². The summed E-state index contributed by atoms with van der Waals surface area (Å²) >= 11 is 0. The molecule has 13 nitrogen and oxygen atoms in total. The molecule has 0 aliphatic carbocycles. The lowest BCUT2D eigenvalue weighted by molar-refractivity contribution is -0.377. The molecular weight excluding hydrogens is 388 g/mol. The van der Waals surface area contributed by atoms with Crippen LogP contribution in [0.15, 0.2) is 0 Å². The van der Waals surface area contributed by atoms with Gasteiger partial charge < -0.3 is 59.8 Å². The Morgan fingerprint density at radius 3 is 1.86 bits per heavy atom. The maximum Gasteiger partial charge on any atom is 0.335 e. The van der Waals surface area contributed by atoms with Crippen LogP contribution in [0.25, 0.3) is 0 Å². The van der Waals surface area contributed by atoms with Gasteiger partial charge in [-0.1, -0.05) is 0 Å². The zero-order valence-corrected chi connectivity index (χ0v) is 14.9. The Kier molecular flexibility index (Phi) is 8.06. The highest BCUT2D eigenvalue weighted by Crippen LogP contribution is 2.29. The van der Waals surface area contributed by atoms with Crippen molar-refractivity contribution in [2.45, 2.75) is 74.4 Å². The van der Waals surface area contributed by atoms with E-state index in [0.717, 1.165) is 6.92 Å². The van der Waals surface area contributed by atoms with Gasteiger partial charge in [-0.3, -0.25) is 0 Å². The van der Waals surface area contributed by atoms with E-state index in [1.807, 2.05) is 0 Å². The summed E-state index contributed by atoms with van der Waals surface area (Å²) < 4.78 is 20.6. The molecule has 0 amide bonds. The Morgan fingerprint density at radius 1 is 0.857 bits per heavy atom. The fraction of sp³-hybridized carbons (Fsp3) is 0.933. The van der Waals surface area contributed by atoms with Crippen molar-refractivity contribution in [2.75, 3.05) is 13.2 Å². The number of carbonyl (C=O) groups is 1. The first-order valence-corrected chi connectivity index (χ1v) is 8.59. The third-order valence-electron chi connectivity index (χ3n) is 4.53.